The van der Waals surface area contributed by atoms with E-state index in [-0.39, 0.29) is 36.3 Å². The summed E-state index contributed by atoms with van der Waals surface area (Å²) in [5.74, 6) is -2.54. The molecule has 13 heavy (non-hydrogen) atoms. The second kappa shape index (κ2) is 10.4. The van der Waals surface area contributed by atoms with Crippen LogP contribution in [0.5, 0.6) is 0 Å². The molecule has 0 aromatic carbocycles. The molecule has 0 N–H and O–H groups in total. The molecule has 0 atom stereocenters. The van der Waals surface area contributed by atoms with Crippen LogP contribution in [0.3, 0.4) is 0 Å². The van der Waals surface area contributed by atoms with Crippen molar-refractivity contribution in [3.8, 4) is 0 Å². The Hall–Kier alpha value is 0.302. The maximum atomic E-state index is 9.44. The molecular formula is C6H4Br2CdO4. The molecule has 0 radical (unpaired) electrons. The summed E-state index contributed by atoms with van der Waals surface area (Å²) in [7, 11) is 0. The predicted molar refractivity (Wildman–Crippen MR) is 46.1 cm³/mol. The Morgan fingerprint density at radius 2 is 1.00 bits per heavy atom. The molecule has 0 heterocycles. The van der Waals surface area contributed by atoms with Gasteiger partial charge in [-0.3, -0.25) is 0 Å². The number of carbonyl (C=O) groups is 2. The van der Waals surface area contributed by atoms with Gasteiger partial charge in [0.1, 0.15) is 0 Å². The third-order valence-electron chi connectivity index (χ3n) is 0.443. The predicted octanol–water partition coefficient (Wildman–Crippen LogP) is -0.713. The minimum Gasteiger partial charge on any atom is -0.544 e. The molecule has 4 nitrogen and oxygen atoms in total. The van der Waals surface area contributed by atoms with Crippen LogP contribution in [0.2, 0.25) is 0 Å². The topological polar surface area (TPSA) is 80.3 Å². The zero-order valence-corrected chi connectivity index (χ0v) is 13.7. The van der Waals surface area contributed by atoms with Gasteiger partial charge in [0, 0.05) is 8.96 Å². The van der Waals surface area contributed by atoms with E-state index in [1.807, 2.05) is 0 Å². The molecule has 7 heteroatoms. The van der Waals surface area contributed by atoms with Crippen LogP contribution in [0.15, 0.2) is 22.1 Å². The largest absolute Gasteiger partial charge is 2.00 e. The Balaban J connectivity index is -0.000000143. The van der Waals surface area contributed by atoms with Crippen LogP contribution in [0.4, 0.5) is 0 Å². The van der Waals surface area contributed by atoms with Crippen LogP contribution in [-0.4, -0.2) is 11.9 Å². The molecular weight excluding hydrogens is 408 g/mol. The SMILES string of the molecule is C=C(Br)C(=O)[O-].C=C(Br)C(=O)[O-].[Cd+2]. The zero-order valence-electron chi connectivity index (χ0n) is 6.51. The van der Waals surface area contributed by atoms with Gasteiger partial charge in [-0.05, 0) is 31.9 Å². The Morgan fingerprint density at radius 3 is 1.00 bits per heavy atom. The van der Waals surface area contributed by atoms with Gasteiger partial charge in [0.05, 0.1) is 11.9 Å². The van der Waals surface area contributed by atoms with E-state index in [1.54, 1.807) is 0 Å². The van der Waals surface area contributed by atoms with Crippen molar-refractivity contribution in [2.75, 3.05) is 0 Å². The van der Waals surface area contributed by atoms with Gasteiger partial charge >= 0.3 is 27.3 Å². The average Bonchev–Trinajstić information content (AvgIpc) is 1.88. The van der Waals surface area contributed by atoms with Crippen LogP contribution in [0, 0.1) is 0 Å². The van der Waals surface area contributed by atoms with E-state index in [0.29, 0.717) is 0 Å². The Morgan fingerprint density at radius 1 is 0.923 bits per heavy atom. The van der Waals surface area contributed by atoms with E-state index < -0.39 is 11.9 Å². The molecule has 0 saturated heterocycles. The smallest absolute Gasteiger partial charge is 0.544 e. The molecule has 0 aromatic rings. The average molecular weight is 412 g/mol. The van der Waals surface area contributed by atoms with Crippen molar-refractivity contribution >= 4 is 43.8 Å². The summed E-state index contributed by atoms with van der Waals surface area (Å²) in [4.78, 5) is 18.9. The fourth-order valence-electron chi connectivity index (χ4n) is 0. The quantitative estimate of drug-likeness (QED) is 0.443. The first-order valence-corrected chi connectivity index (χ1v) is 3.99. The van der Waals surface area contributed by atoms with Gasteiger partial charge < -0.3 is 19.8 Å². The van der Waals surface area contributed by atoms with Gasteiger partial charge in [0.25, 0.3) is 0 Å². The minimum absolute atomic E-state index is 0. The fourth-order valence-corrected chi connectivity index (χ4v) is 0. The van der Waals surface area contributed by atoms with E-state index in [9.17, 15) is 19.8 Å². The number of aliphatic carboxylic acids is 2. The van der Waals surface area contributed by atoms with Crippen molar-refractivity contribution in [2.24, 2.45) is 0 Å². The second-order valence-corrected chi connectivity index (χ2v) is 3.30. The molecule has 0 aliphatic carbocycles. The maximum absolute atomic E-state index is 9.44. The number of carbonyl (C=O) groups excluding carboxylic acids is 2. The van der Waals surface area contributed by atoms with Crippen molar-refractivity contribution < 1.29 is 47.1 Å². The number of carboxylic acid groups (broad SMARTS) is 2. The first-order chi connectivity index (χ1) is 5.29. The molecule has 68 valence electrons. The van der Waals surface area contributed by atoms with E-state index in [2.05, 4.69) is 45.0 Å². The Bertz CT molecular complexity index is 179. The first kappa shape index (κ1) is 19.0. The van der Waals surface area contributed by atoms with Gasteiger partial charge in [-0.15, -0.1) is 0 Å². The molecule has 0 bridgehead atoms. The van der Waals surface area contributed by atoms with E-state index >= 15 is 0 Å². The summed E-state index contributed by atoms with van der Waals surface area (Å²) in [6.45, 7) is 6.02. The van der Waals surface area contributed by atoms with Crippen molar-refractivity contribution in [1.29, 1.82) is 0 Å². The molecule has 0 rings (SSSR count). The maximum Gasteiger partial charge on any atom is 2.00 e. The van der Waals surface area contributed by atoms with Crippen LogP contribution in [0.25, 0.3) is 0 Å². The molecule has 0 aliphatic heterocycles. The zero-order chi connectivity index (χ0) is 10.3. The van der Waals surface area contributed by atoms with Gasteiger partial charge in [-0.25, -0.2) is 0 Å². The standard InChI is InChI=1S/2C3H3BrO2.Cd/c2*1-2(4)3(5)6;/h2*1H2,(H,5,6);/q;;+2/p-2. The van der Waals surface area contributed by atoms with E-state index in [1.165, 1.54) is 0 Å². The summed E-state index contributed by atoms with van der Waals surface area (Å²) in [6, 6.07) is 0. The molecule has 0 aromatic heterocycles. The summed E-state index contributed by atoms with van der Waals surface area (Å²) in [5, 5.41) is 18.9. The van der Waals surface area contributed by atoms with Gasteiger partial charge in [-0.1, -0.05) is 13.2 Å². The first-order valence-electron chi connectivity index (χ1n) is 2.40. The van der Waals surface area contributed by atoms with Crippen molar-refractivity contribution in [3.05, 3.63) is 22.1 Å². The second-order valence-electron chi connectivity index (χ2n) is 1.38. The number of hydrogen-bond acceptors (Lipinski definition) is 4. The van der Waals surface area contributed by atoms with Gasteiger partial charge in [-0.2, -0.15) is 0 Å². The van der Waals surface area contributed by atoms with Crippen LogP contribution in [-0.2, 0) is 36.9 Å². The summed E-state index contributed by atoms with van der Waals surface area (Å²) in [5.41, 5.74) is 0. The summed E-state index contributed by atoms with van der Waals surface area (Å²) >= 11 is 5.16. The molecule has 0 aliphatic rings. The number of halogens is 2. The van der Waals surface area contributed by atoms with E-state index in [0.717, 1.165) is 0 Å². The van der Waals surface area contributed by atoms with Crippen LogP contribution >= 0.6 is 31.9 Å². The number of carboxylic acids is 2. The normalized spacial score (nSPS) is 6.92. The van der Waals surface area contributed by atoms with Crippen LogP contribution < -0.4 is 10.2 Å². The summed E-state index contributed by atoms with van der Waals surface area (Å²) < 4.78 is -0.245. The molecule has 0 fully saturated rings. The fraction of sp³-hybridized carbons (Fsp3) is 0. The monoisotopic (exact) mass is 412 g/mol. The Kier molecular flexibility index (Phi) is 15.2. The van der Waals surface area contributed by atoms with Crippen molar-refractivity contribution in [2.45, 2.75) is 0 Å². The molecule has 0 saturated carbocycles. The third kappa shape index (κ3) is 18.9. The van der Waals surface area contributed by atoms with Gasteiger partial charge in [0.15, 0.2) is 0 Å². The van der Waals surface area contributed by atoms with Crippen molar-refractivity contribution in [3.63, 3.8) is 0 Å². The number of hydrogen-bond donors (Lipinski definition) is 0. The Labute approximate surface area is 112 Å². The van der Waals surface area contributed by atoms with Crippen molar-refractivity contribution in [1.82, 2.24) is 0 Å². The van der Waals surface area contributed by atoms with Gasteiger partial charge in [0.2, 0.25) is 0 Å². The minimum atomic E-state index is -1.27. The number of rotatable bonds is 2. The molecule has 0 unspecified atom stereocenters. The molecule has 0 spiro atoms. The van der Waals surface area contributed by atoms with Crippen LogP contribution in [0.1, 0.15) is 0 Å². The third-order valence-corrected chi connectivity index (χ3v) is 1.09. The van der Waals surface area contributed by atoms with E-state index in [4.69, 9.17) is 0 Å². The summed E-state index contributed by atoms with van der Waals surface area (Å²) in [6.07, 6.45) is 0. The molecule has 0 amide bonds.